The lowest BCUT2D eigenvalue weighted by Gasteiger charge is -2.13. The van der Waals surface area contributed by atoms with Gasteiger partial charge in [0.05, 0.1) is 13.1 Å². The average Bonchev–Trinajstić information content (AvgIpc) is 2.67. The minimum atomic E-state index is -0.448. The van der Waals surface area contributed by atoms with Gasteiger partial charge in [0.25, 0.3) is 0 Å². The van der Waals surface area contributed by atoms with Crippen molar-refractivity contribution in [2.24, 2.45) is 0 Å². The van der Waals surface area contributed by atoms with E-state index in [0.717, 1.165) is 33.5 Å². The molecule has 2 aromatic rings. The predicted molar refractivity (Wildman–Crippen MR) is 114 cm³/mol. The van der Waals surface area contributed by atoms with E-state index in [1.54, 1.807) is 0 Å². The molecule has 0 saturated heterocycles. The standard InChI is InChI=1S/C22H28N4O3/c1-14-5-7-18(8-6-14)11-24-22(29)25-12-19(27)23-13-20(28)26-21-16(3)9-15(2)10-17(21)4/h5-10H,11-13H2,1-4H3,(H,23,27)(H,26,28)(H2,24,25,29). The second-order valence-electron chi connectivity index (χ2n) is 7.12. The third-order valence-corrected chi connectivity index (χ3v) is 4.37. The summed E-state index contributed by atoms with van der Waals surface area (Å²) in [6, 6.07) is 11.3. The molecule has 0 atom stereocenters. The molecule has 0 aliphatic carbocycles. The summed E-state index contributed by atoms with van der Waals surface area (Å²) >= 11 is 0. The van der Waals surface area contributed by atoms with E-state index in [9.17, 15) is 14.4 Å². The number of aryl methyl sites for hydroxylation is 4. The monoisotopic (exact) mass is 396 g/mol. The van der Waals surface area contributed by atoms with Crippen molar-refractivity contribution < 1.29 is 14.4 Å². The Labute approximate surface area is 171 Å². The first-order valence-electron chi connectivity index (χ1n) is 9.46. The van der Waals surface area contributed by atoms with Crippen LogP contribution in [0.1, 0.15) is 27.8 Å². The molecule has 2 rings (SSSR count). The van der Waals surface area contributed by atoms with E-state index < -0.39 is 11.9 Å². The van der Waals surface area contributed by atoms with Gasteiger partial charge in [-0.2, -0.15) is 0 Å². The molecule has 0 aliphatic rings. The topological polar surface area (TPSA) is 99.3 Å². The molecule has 2 aromatic carbocycles. The Bertz CT molecular complexity index is 868. The number of hydrogen-bond donors (Lipinski definition) is 4. The summed E-state index contributed by atoms with van der Waals surface area (Å²) in [6.45, 7) is 7.82. The van der Waals surface area contributed by atoms with Gasteiger partial charge in [0.2, 0.25) is 11.8 Å². The molecular weight excluding hydrogens is 368 g/mol. The first kappa shape index (κ1) is 21.9. The Morgan fingerprint density at radius 3 is 1.93 bits per heavy atom. The van der Waals surface area contributed by atoms with Gasteiger partial charge in [0.15, 0.2) is 0 Å². The molecule has 7 nitrogen and oxygen atoms in total. The van der Waals surface area contributed by atoms with Gasteiger partial charge in [-0.3, -0.25) is 9.59 Å². The number of carbonyl (C=O) groups is 3. The predicted octanol–water partition coefficient (Wildman–Crippen LogP) is 2.47. The van der Waals surface area contributed by atoms with Crippen LogP contribution in [0.15, 0.2) is 36.4 Å². The first-order valence-corrected chi connectivity index (χ1v) is 9.46. The van der Waals surface area contributed by atoms with Gasteiger partial charge in [-0.1, -0.05) is 47.5 Å². The lowest BCUT2D eigenvalue weighted by molar-refractivity contribution is -0.123. The Hall–Kier alpha value is -3.35. The van der Waals surface area contributed by atoms with E-state index in [-0.39, 0.29) is 19.0 Å². The van der Waals surface area contributed by atoms with Crippen LogP contribution >= 0.6 is 0 Å². The highest BCUT2D eigenvalue weighted by molar-refractivity contribution is 5.96. The first-order chi connectivity index (χ1) is 13.7. The minimum absolute atomic E-state index is 0.168. The van der Waals surface area contributed by atoms with Gasteiger partial charge in [-0.25, -0.2) is 4.79 Å². The lowest BCUT2D eigenvalue weighted by atomic mass is 10.1. The number of benzene rings is 2. The largest absolute Gasteiger partial charge is 0.345 e. The van der Waals surface area contributed by atoms with E-state index in [4.69, 9.17) is 0 Å². The van der Waals surface area contributed by atoms with Crippen molar-refractivity contribution in [2.75, 3.05) is 18.4 Å². The minimum Gasteiger partial charge on any atom is -0.345 e. The zero-order valence-corrected chi connectivity index (χ0v) is 17.3. The molecule has 0 bridgehead atoms. The van der Waals surface area contributed by atoms with Crippen LogP contribution in [-0.4, -0.2) is 30.9 Å². The maximum Gasteiger partial charge on any atom is 0.315 e. The maximum atomic E-state index is 12.1. The van der Waals surface area contributed by atoms with Gasteiger partial charge in [-0.05, 0) is 44.4 Å². The van der Waals surface area contributed by atoms with Crippen LogP contribution in [0, 0.1) is 27.7 Å². The summed E-state index contributed by atoms with van der Waals surface area (Å²) in [4.78, 5) is 35.8. The van der Waals surface area contributed by atoms with Gasteiger partial charge in [0, 0.05) is 12.2 Å². The van der Waals surface area contributed by atoms with Gasteiger partial charge in [-0.15, -0.1) is 0 Å². The van der Waals surface area contributed by atoms with Crippen LogP contribution in [0.25, 0.3) is 0 Å². The third kappa shape index (κ3) is 7.29. The molecule has 0 fully saturated rings. The maximum absolute atomic E-state index is 12.1. The van der Waals surface area contributed by atoms with Gasteiger partial charge < -0.3 is 21.3 Å². The second-order valence-corrected chi connectivity index (χ2v) is 7.12. The van der Waals surface area contributed by atoms with Crippen LogP contribution in [0.3, 0.4) is 0 Å². The van der Waals surface area contributed by atoms with Crippen molar-refractivity contribution >= 4 is 23.5 Å². The van der Waals surface area contributed by atoms with Crippen LogP contribution in [0.5, 0.6) is 0 Å². The molecule has 0 heterocycles. The molecule has 4 amide bonds. The summed E-state index contributed by atoms with van der Waals surface area (Å²) < 4.78 is 0. The Kier molecular flexibility index (Phi) is 7.77. The SMILES string of the molecule is Cc1ccc(CNC(=O)NCC(=O)NCC(=O)Nc2c(C)cc(C)cc2C)cc1. The summed E-state index contributed by atoms with van der Waals surface area (Å²) in [5.74, 6) is -0.764. The Morgan fingerprint density at radius 2 is 1.31 bits per heavy atom. The molecule has 154 valence electrons. The van der Waals surface area contributed by atoms with E-state index in [1.165, 1.54) is 0 Å². The number of anilines is 1. The fourth-order valence-electron chi connectivity index (χ4n) is 2.91. The number of amides is 4. The quantitative estimate of drug-likeness (QED) is 0.579. The summed E-state index contributed by atoms with van der Waals surface area (Å²) in [5, 5.41) is 10.5. The van der Waals surface area contributed by atoms with Gasteiger partial charge >= 0.3 is 6.03 Å². The highest BCUT2D eigenvalue weighted by atomic mass is 16.2. The van der Waals surface area contributed by atoms with E-state index >= 15 is 0 Å². The van der Waals surface area contributed by atoms with Crippen molar-refractivity contribution in [2.45, 2.75) is 34.2 Å². The zero-order chi connectivity index (χ0) is 21.4. The summed E-state index contributed by atoms with van der Waals surface area (Å²) in [5.41, 5.74) is 5.92. The summed E-state index contributed by atoms with van der Waals surface area (Å²) in [6.07, 6.45) is 0. The zero-order valence-electron chi connectivity index (χ0n) is 17.3. The van der Waals surface area contributed by atoms with Crippen LogP contribution < -0.4 is 21.3 Å². The van der Waals surface area contributed by atoms with Crippen LogP contribution in [0.2, 0.25) is 0 Å². The lowest BCUT2D eigenvalue weighted by Crippen LogP contribution is -2.43. The summed E-state index contributed by atoms with van der Waals surface area (Å²) in [7, 11) is 0. The molecule has 0 radical (unpaired) electrons. The number of carbonyl (C=O) groups excluding carboxylic acids is 3. The molecule has 0 aromatic heterocycles. The fraction of sp³-hybridized carbons (Fsp3) is 0.318. The third-order valence-electron chi connectivity index (χ3n) is 4.37. The number of nitrogens with one attached hydrogen (secondary N) is 4. The molecule has 0 unspecified atom stereocenters. The van der Waals surface area contributed by atoms with Crippen molar-refractivity contribution in [1.82, 2.24) is 16.0 Å². The Morgan fingerprint density at radius 1 is 0.724 bits per heavy atom. The molecular formula is C22H28N4O3. The number of urea groups is 1. The number of hydrogen-bond acceptors (Lipinski definition) is 3. The highest BCUT2D eigenvalue weighted by Crippen LogP contribution is 2.21. The van der Waals surface area contributed by atoms with Crippen molar-refractivity contribution in [3.05, 3.63) is 64.2 Å². The number of rotatable bonds is 7. The average molecular weight is 396 g/mol. The van der Waals surface area contributed by atoms with E-state index in [0.29, 0.717) is 6.54 Å². The molecule has 0 saturated carbocycles. The Balaban J connectivity index is 1.69. The van der Waals surface area contributed by atoms with Crippen molar-refractivity contribution in [1.29, 1.82) is 0 Å². The molecule has 29 heavy (non-hydrogen) atoms. The fourth-order valence-corrected chi connectivity index (χ4v) is 2.91. The molecule has 7 heteroatoms. The van der Waals surface area contributed by atoms with Gasteiger partial charge in [0.1, 0.15) is 0 Å². The normalized spacial score (nSPS) is 10.2. The second kappa shape index (κ2) is 10.3. The molecule has 4 N–H and O–H groups in total. The molecule has 0 aliphatic heterocycles. The van der Waals surface area contributed by atoms with Crippen LogP contribution in [-0.2, 0) is 16.1 Å². The van der Waals surface area contributed by atoms with E-state index in [1.807, 2.05) is 64.1 Å². The smallest absolute Gasteiger partial charge is 0.315 e. The highest BCUT2D eigenvalue weighted by Gasteiger charge is 2.10. The van der Waals surface area contributed by atoms with Crippen molar-refractivity contribution in [3.63, 3.8) is 0 Å². The molecule has 0 spiro atoms. The van der Waals surface area contributed by atoms with E-state index in [2.05, 4.69) is 21.3 Å². The van der Waals surface area contributed by atoms with Crippen molar-refractivity contribution in [3.8, 4) is 0 Å². The van der Waals surface area contributed by atoms with Crippen LogP contribution in [0.4, 0.5) is 10.5 Å².